The van der Waals surface area contributed by atoms with Gasteiger partial charge >= 0.3 is 5.97 Å². The van der Waals surface area contributed by atoms with Gasteiger partial charge in [0, 0.05) is 11.8 Å². The number of carbonyl (C=O) groups excluding carboxylic acids is 1. The van der Waals surface area contributed by atoms with Crippen molar-refractivity contribution in [2.24, 2.45) is 0 Å². The van der Waals surface area contributed by atoms with Gasteiger partial charge in [0.05, 0.1) is 17.3 Å². The minimum Gasteiger partial charge on any atom is -0.423 e. The van der Waals surface area contributed by atoms with Crippen LogP contribution in [0.2, 0.25) is 0 Å². The van der Waals surface area contributed by atoms with Gasteiger partial charge in [-0.05, 0) is 32.5 Å². The molecule has 1 aromatic carbocycles. The van der Waals surface area contributed by atoms with Gasteiger partial charge < -0.3 is 4.74 Å². The van der Waals surface area contributed by atoms with Crippen molar-refractivity contribution >= 4 is 34.9 Å². The van der Waals surface area contributed by atoms with Gasteiger partial charge in [0.2, 0.25) is 4.33 Å². The predicted molar refractivity (Wildman–Crippen MR) is 101 cm³/mol. The molecule has 0 amide bonds. The molecule has 0 fully saturated rings. The zero-order valence-corrected chi connectivity index (χ0v) is 15.9. The Bertz CT molecular complexity index is 910. The first-order chi connectivity index (χ1) is 12.4. The van der Waals surface area contributed by atoms with E-state index in [2.05, 4.69) is 9.97 Å². The van der Waals surface area contributed by atoms with Gasteiger partial charge in [-0.3, -0.25) is 4.90 Å². The van der Waals surface area contributed by atoms with E-state index in [1.807, 2.05) is 49.3 Å². The number of aromatic nitrogens is 2. The molecule has 0 saturated heterocycles. The molecule has 1 unspecified atom stereocenters. The summed E-state index contributed by atoms with van der Waals surface area (Å²) in [5, 5.41) is 0. The topological polar surface area (TPSA) is 55.3 Å². The Morgan fingerprint density at radius 3 is 2.62 bits per heavy atom. The molecule has 0 N–H and O–H groups in total. The highest BCUT2D eigenvalue weighted by Crippen LogP contribution is 2.46. The molecule has 1 aromatic heterocycles. The molecule has 1 aliphatic heterocycles. The molecule has 1 aliphatic carbocycles. The van der Waals surface area contributed by atoms with Crippen LogP contribution in [0.3, 0.4) is 0 Å². The standard InChI is InChI=1S/C19H17Cl2N3O2/c1-24(2)16-12-8-9-14-13(15(12)26-18(25)19(16,20)21)10-22-17(23-14)11-6-4-3-5-7-11/h3-7,10,16H,8-9H2,1-2H3. The number of fused-ring (bicyclic) bond motifs is 2. The van der Waals surface area contributed by atoms with E-state index in [0.29, 0.717) is 24.4 Å². The van der Waals surface area contributed by atoms with Crippen LogP contribution >= 0.6 is 23.2 Å². The van der Waals surface area contributed by atoms with Gasteiger partial charge in [-0.1, -0.05) is 53.5 Å². The molecule has 7 heteroatoms. The van der Waals surface area contributed by atoms with E-state index >= 15 is 0 Å². The average molecular weight is 390 g/mol. The van der Waals surface area contributed by atoms with Crippen molar-refractivity contribution in [2.45, 2.75) is 23.2 Å². The molecule has 2 aromatic rings. The van der Waals surface area contributed by atoms with Crippen LogP contribution in [0, 0.1) is 0 Å². The molecule has 26 heavy (non-hydrogen) atoms. The van der Waals surface area contributed by atoms with Crippen molar-refractivity contribution in [3.05, 3.63) is 53.4 Å². The highest BCUT2D eigenvalue weighted by molar-refractivity contribution is 6.58. The first kappa shape index (κ1) is 17.5. The fourth-order valence-electron chi connectivity index (χ4n) is 3.57. The number of halogens is 2. The smallest absolute Gasteiger partial charge is 0.350 e. The summed E-state index contributed by atoms with van der Waals surface area (Å²) in [5.74, 6) is 0.480. The van der Waals surface area contributed by atoms with Crippen LogP contribution in [0.1, 0.15) is 17.7 Å². The SMILES string of the molecule is CN(C)C1C2=C(OC(=O)C1(Cl)Cl)c1cnc(-c3ccccc3)nc1CC2. The van der Waals surface area contributed by atoms with Gasteiger partial charge in [-0.2, -0.15) is 0 Å². The Labute approximate surface area is 161 Å². The molecule has 1 atom stereocenters. The number of likely N-dealkylation sites (N-methyl/N-ethyl adjacent to an activating group) is 1. The fraction of sp³-hybridized carbons (Fsp3) is 0.316. The van der Waals surface area contributed by atoms with Crippen molar-refractivity contribution in [3.63, 3.8) is 0 Å². The number of alkyl halides is 2. The minimum atomic E-state index is -1.63. The summed E-state index contributed by atoms with van der Waals surface area (Å²) in [7, 11) is 3.69. The summed E-state index contributed by atoms with van der Waals surface area (Å²) in [6.45, 7) is 0. The number of nitrogens with zero attached hydrogens (tertiary/aromatic N) is 3. The van der Waals surface area contributed by atoms with Gasteiger partial charge in [-0.15, -0.1) is 0 Å². The van der Waals surface area contributed by atoms with Gasteiger partial charge in [0.25, 0.3) is 0 Å². The highest BCUT2D eigenvalue weighted by atomic mass is 35.5. The zero-order valence-electron chi connectivity index (χ0n) is 14.4. The average Bonchev–Trinajstić information content (AvgIpc) is 2.62. The summed E-state index contributed by atoms with van der Waals surface area (Å²) >= 11 is 12.6. The third-order valence-corrected chi connectivity index (χ3v) is 5.45. The van der Waals surface area contributed by atoms with E-state index in [0.717, 1.165) is 22.4 Å². The lowest BCUT2D eigenvalue weighted by molar-refractivity contribution is -0.139. The number of ether oxygens (including phenoxy) is 1. The van der Waals surface area contributed by atoms with Crippen molar-refractivity contribution in [2.75, 3.05) is 14.1 Å². The number of rotatable bonds is 2. The monoisotopic (exact) mass is 389 g/mol. The van der Waals surface area contributed by atoms with E-state index < -0.39 is 16.3 Å². The number of carbonyl (C=O) groups is 1. The molecular formula is C19H17Cl2N3O2. The maximum Gasteiger partial charge on any atom is 0.350 e. The normalized spacial score (nSPS) is 21.3. The second-order valence-electron chi connectivity index (χ2n) is 6.65. The van der Waals surface area contributed by atoms with Crippen LogP contribution in [0.5, 0.6) is 0 Å². The Morgan fingerprint density at radius 1 is 1.19 bits per heavy atom. The van der Waals surface area contributed by atoms with E-state index in [1.54, 1.807) is 6.20 Å². The first-order valence-electron chi connectivity index (χ1n) is 8.31. The summed E-state index contributed by atoms with van der Waals surface area (Å²) < 4.78 is 3.89. The maximum absolute atomic E-state index is 12.4. The van der Waals surface area contributed by atoms with E-state index in [1.165, 1.54) is 0 Å². The maximum atomic E-state index is 12.4. The minimum absolute atomic E-state index is 0.455. The Kier molecular flexibility index (Phi) is 4.26. The largest absolute Gasteiger partial charge is 0.423 e. The van der Waals surface area contributed by atoms with Crippen molar-refractivity contribution in [3.8, 4) is 11.4 Å². The Balaban J connectivity index is 1.81. The lowest BCUT2D eigenvalue weighted by atomic mass is 9.86. The number of hydrogen-bond donors (Lipinski definition) is 0. The third-order valence-electron chi connectivity index (χ3n) is 4.72. The van der Waals surface area contributed by atoms with Crippen molar-refractivity contribution in [1.82, 2.24) is 14.9 Å². The molecule has 134 valence electrons. The molecule has 4 rings (SSSR count). The summed E-state index contributed by atoms with van der Waals surface area (Å²) in [5.41, 5.74) is 3.44. The molecule has 0 spiro atoms. The molecule has 2 aliphatic rings. The zero-order chi connectivity index (χ0) is 18.5. The Morgan fingerprint density at radius 2 is 1.92 bits per heavy atom. The van der Waals surface area contributed by atoms with Crippen LogP contribution < -0.4 is 0 Å². The molecule has 0 saturated carbocycles. The molecular weight excluding hydrogens is 373 g/mol. The molecule has 5 nitrogen and oxygen atoms in total. The highest BCUT2D eigenvalue weighted by Gasteiger charge is 2.53. The van der Waals surface area contributed by atoms with Gasteiger partial charge in [-0.25, -0.2) is 14.8 Å². The van der Waals surface area contributed by atoms with Crippen molar-refractivity contribution in [1.29, 1.82) is 0 Å². The summed E-state index contributed by atoms with van der Waals surface area (Å²) in [4.78, 5) is 23.4. The number of hydrogen-bond acceptors (Lipinski definition) is 5. The van der Waals surface area contributed by atoms with Crippen LogP contribution in [-0.4, -0.2) is 45.3 Å². The van der Waals surface area contributed by atoms with Crippen LogP contribution in [0.15, 0.2) is 42.1 Å². The predicted octanol–water partition coefficient (Wildman–Crippen LogP) is 3.46. The van der Waals surface area contributed by atoms with Crippen LogP contribution in [0.4, 0.5) is 0 Å². The number of esters is 1. The number of aryl methyl sites for hydroxylation is 1. The summed E-state index contributed by atoms with van der Waals surface area (Å²) in [6.07, 6.45) is 3.10. The molecule has 2 heterocycles. The molecule has 0 radical (unpaired) electrons. The van der Waals surface area contributed by atoms with Gasteiger partial charge in [0.1, 0.15) is 5.76 Å². The lowest BCUT2D eigenvalue weighted by Crippen LogP contribution is -2.53. The van der Waals surface area contributed by atoms with Crippen molar-refractivity contribution < 1.29 is 9.53 Å². The van der Waals surface area contributed by atoms with E-state index in [4.69, 9.17) is 27.9 Å². The molecule has 0 bridgehead atoms. The van der Waals surface area contributed by atoms with Crippen LogP contribution in [-0.2, 0) is 16.0 Å². The summed E-state index contributed by atoms with van der Waals surface area (Å²) in [6, 6.07) is 9.32. The fourth-order valence-corrected chi connectivity index (χ4v) is 4.30. The first-order valence-corrected chi connectivity index (χ1v) is 9.06. The van der Waals surface area contributed by atoms with Crippen LogP contribution in [0.25, 0.3) is 17.1 Å². The second-order valence-corrected chi connectivity index (χ2v) is 8.04. The Hall–Kier alpha value is -1.95. The van der Waals surface area contributed by atoms with E-state index in [9.17, 15) is 4.79 Å². The number of benzene rings is 1. The quantitative estimate of drug-likeness (QED) is 0.581. The second kappa shape index (κ2) is 6.34. The van der Waals surface area contributed by atoms with Gasteiger partial charge in [0.15, 0.2) is 5.82 Å². The lowest BCUT2D eigenvalue weighted by Gasteiger charge is -2.41. The van der Waals surface area contributed by atoms with E-state index in [-0.39, 0.29) is 0 Å². The third kappa shape index (κ3) is 2.71.